The molecule has 0 bridgehead atoms. The van der Waals surface area contributed by atoms with Gasteiger partial charge in [-0.25, -0.2) is 9.59 Å². The van der Waals surface area contributed by atoms with E-state index in [9.17, 15) is 9.59 Å². The zero-order valence-corrected chi connectivity index (χ0v) is 11.5. The van der Waals surface area contributed by atoms with Gasteiger partial charge in [0.2, 0.25) is 0 Å². The van der Waals surface area contributed by atoms with E-state index in [0.29, 0.717) is 0 Å². The van der Waals surface area contributed by atoms with Gasteiger partial charge in [-0.05, 0) is 26.7 Å². The molecule has 0 spiro atoms. The van der Waals surface area contributed by atoms with Gasteiger partial charge in [0.25, 0.3) is 0 Å². The van der Waals surface area contributed by atoms with Crippen LogP contribution in [0.2, 0.25) is 0 Å². The second-order valence-electron chi connectivity index (χ2n) is 5.03. The number of hydrogen-bond donors (Lipinski definition) is 1. The Morgan fingerprint density at radius 2 is 1.82 bits per heavy atom. The molecular weight excluding hydrogens is 222 g/mol. The first-order valence-electron chi connectivity index (χ1n) is 5.78. The Balaban J connectivity index is 4.54. The van der Waals surface area contributed by atoms with Gasteiger partial charge in [0.05, 0.1) is 7.11 Å². The summed E-state index contributed by atoms with van der Waals surface area (Å²) in [5.41, 5.74) is -0.583. The van der Waals surface area contributed by atoms with Gasteiger partial charge in [-0.2, -0.15) is 0 Å². The van der Waals surface area contributed by atoms with Crippen LogP contribution in [-0.2, 0) is 14.3 Å². The number of ether oxygens (including phenoxy) is 2. The molecule has 5 heteroatoms. The molecule has 0 fully saturated rings. The Kier molecular flexibility index (Phi) is 5.99. The van der Waals surface area contributed by atoms with E-state index >= 15 is 0 Å². The lowest BCUT2D eigenvalue weighted by Crippen LogP contribution is -2.47. The standard InChI is InChI=1S/C12H23NO4/c1-7-8(2)9(10(14)16-6)13-11(15)17-12(3,4)5/h8-9H,7H2,1-6H3,(H,13,15)/t8-,9?/m0/s1. The first-order chi connectivity index (χ1) is 7.71. The summed E-state index contributed by atoms with van der Waals surface area (Å²) >= 11 is 0. The molecule has 1 unspecified atom stereocenters. The highest BCUT2D eigenvalue weighted by Gasteiger charge is 2.28. The van der Waals surface area contributed by atoms with Gasteiger partial charge >= 0.3 is 12.1 Å². The van der Waals surface area contributed by atoms with Gasteiger partial charge in [0, 0.05) is 0 Å². The van der Waals surface area contributed by atoms with Crippen LogP contribution in [0, 0.1) is 5.92 Å². The Bertz CT molecular complexity index is 270. The number of carbonyl (C=O) groups is 2. The summed E-state index contributed by atoms with van der Waals surface area (Å²) in [6, 6.07) is -0.667. The molecule has 2 atom stereocenters. The number of carbonyl (C=O) groups excluding carboxylic acids is 2. The van der Waals surface area contributed by atoms with E-state index in [2.05, 4.69) is 10.1 Å². The zero-order valence-electron chi connectivity index (χ0n) is 11.5. The molecule has 1 N–H and O–H groups in total. The molecule has 0 heterocycles. The fraction of sp³-hybridized carbons (Fsp3) is 0.833. The van der Waals surface area contributed by atoms with Crippen molar-refractivity contribution < 1.29 is 19.1 Å². The van der Waals surface area contributed by atoms with E-state index < -0.39 is 23.7 Å². The van der Waals surface area contributed by atoms with Crippen LogP contribution in [0.4, 0.5) is 4.79 Å². The summed E-state index contributed by atoms with van der Waals surface area (Å²) in [6.07, 6.45) is 0.156. The largest absolute Gasteiger partial charge is 0.467 e. The lowest BCUT2D eigenvalue weighted by atomic mass is 9.99. The molecule has 1 amide bonds. The van der Waals surface area contributed by atoms with Crippen molar-refractivity contribution in [1.29, 1.82) is 0 Å². The van der Waals surface area contributed by atoms with Crippen molar-refractivity contribution in [3.63, 3.8) is 0 Å². The Morgan fingerprint density at radius 3 is 2.18 bits per heavy atom. The van der Waals surface area contributed by atoms with Crippen molar-refractivity contribution in [3.05, 3.63) is 0 Å². The predicted molar refractivity (Wildman–Crippen MR) is 64.6 cm³/mol. The Hall–Kier alpha value is -1.26. The van der Waals surface area contributed by atoms with Crippen molar-refractivity contribution in [2.75, 3.05) is 7.11 Å². The van der Waals surface area contributed by atoms with Crippen LogP contribution >= 0.6 is 0 Å². The zero-order chi connectivity index (χ0) is 13.6. The maximum Gasteiger partial charge on any atom is 0.408 e. The molecular formula is C12H23NO4. The van der Waals surface area contributed by atoms with Crippen LogP contribution in [0.1, 0.15) is 41.0 Å². The van der Waals surface area contributed by atoms with Crippen molar-refractivity contribution in [2.24, 2.45) is 5.92 Å². The smallest absolute Gasteiger partial charge is 0.408 e. The van der Waals surface area contributed by atoms with Gasteiger partial charge in [0.15, 0.2) is 0 Å². The van der Waals surface area contributed by atoms with E-state index in [4.69, 9.17) is 4.74 Å². The van der Waals surface area contributed by atoms with Crippen LogP contribution < -0.4 is 5.32 Å². The third kappa shape index (κ3) is 6.14. The first kappa shape index (κ1) is 15.7. The van der Waals surface area contributed by atoms with Crippen molar-refractivity contribution in [2.45, 2.75) is 52.7 Å². The highest BCUT2D eigenvalue weighted by Crippen LogP contribution is 2.11. The van der Waals surface area contributed by atoms with Crippen molar-refractivity contribution >= 4 is 12.1 Å². The number of esters is 1. The fourth-order valence-corrected chi connectivity index (χ4v) is 1.23. The number of hydrogen-bond acceptors (Lipinski definition) is 4. The molecule has 0 saturated heterocycles. The lowest BCUT2D eigenvalue weighted by Gasteiger charge is -2.25. The third-order valence-corrected chi connectivity index (χ3v) is 2.34. The topological polar surface area (TPSA) is 64.6 Å². The number of nitrogens with one attached hydrogen (secondary N) is 1. The van der Waals surface area contributed by atoms with Crippen LogP contribution in [0.25, 0.3) is 0 Å². The van der Waals surface area contributed by atoms with E-state index in [1.165, 1.54) is 7.11 Å². The van der Waals surface area contributed by atoms with Crippen LogP contribution in [-0.4, -0.2) is 30.8 Å². The lowest BCUT2D eigenvalue weighted by molar-refractivity contribution is -0.144. The van der Waals surface area contributed by atoms with Gasteiger partial charge in [-0.1, -0.05) is 20.3 Å². The second-order valence-corrected chi connectivity index (χ2v) is 5.03. The molecule has 0 aliphatic heterocycles. The van der Waals surface area contributed by atoms with E-state index in [-0.39, 0.29) is 5.92 Å². The second kappa shape index (κ2) is 6.47. The maximum absolute atomic E-state index is 11.6. The minimum atomic E-state index is -0.667. The molecule has 17 heavy (non-hydrogen) atoms. The molecule has 100 valence electrons. The van der Waals surface area contributed by atoms with E-state index in [0.717, 1.165) is 6.42 Å². The SMILES string of the molecule is CC[C@H](C)C(NC(=O)OC(C)(C)C)C(=O)OC. The van der Waals surface area contributed by atoms with Gasteiger partial charge in [-0.15, -0.1) is 0 Å². The van der Waals surface area contributed by atoms with Crippen molar-refractivity contribution in [1.82, 2.24) is 5.32 Å². The fourth-order valence-electron chi connectivity index (χ4n) is 1.23. The summed E-state index contributed by atoms with van der Waals surface area (Å²) < 4.78 is 9.76. The number of alkyl carbamates (subject to hydrolysis) is 1. The number of rotatable bonds is 4. The maximum atomic E-state index is 11.6. The summed E-state index contributed by atoms with van der Waals surface area (Å²) in [5.74, 6) is -0.458. The molecule has 0 aliphatic carbocycles. The van der Waals surface area contributed by atoms with Crippen LogP contribution in [0.3, 0.4) is 0 Å². The minimum absolute atomic E-state index is 0.00466. The van der Waals surface area contributed by atoms with E-state index in [1.54, 1.807) is 20.8 Å². The summed E-state index contributed by atoms with van der Waals surface area (Å²) in [6.45, 7) is 9.12. The molecule has 0 radical (unpaired) electrons. The predicted octanol–water partition coefficient (Wildman–Crippen LogP) is 2.10. The van der Waals surface area contributed by atoms with Gasteiger partial charge < -0.3 is 14.8 Å². The molecule has 5 nitrogen and oxygen atoms in total. The minimum Gasteiger partial charge on any atom is -0.467 e. The molecule has 0 rings (SSSR count). The third-order valence-electron chi connectivity index (χ3n) is 2.34. The summed E-state index contributed by atoms with van der Waals surface area (Å²) in [5, 5.41) is 2.54. The number of amides is 1. The van der Waals surface area contributed by atoms with Crippen LogP contribution in [0.15, 0.2) is 0 Å². The molecule has 0 saturated carbocycles. The first-order valence-corrected chi connectivity index (χ1v) is 5.78. The molecule has 0 aromatic rings. The Labute approximate surface area is 103 Å². The van der Waals surface area contributed by atoms with Crippen molar-refractivity contribution in [3.8, 4) is 0 Å². The van der Waals surface area contributed by atoms with E-state index in [1.807, 2.05) is 13.8 Å². The summed E-state index contributed by atoms with van der Waals surface area (Å²) in [4.78, 5) is 23.1. The van der Waals surface area contributed by atoms with Gasteiger partial charge in [-0.3, -0.25) is 0 Å². The highest BCUT2D eigenvalue weighted by atomic mass is 16.6. The Morgan fingerprint density at radius 1 is 1.29 bits per heavy atom. The average Bonchev–Trinajstić information content (AvgIpc) is 2.21. The molecule has 0 aliphatic rings. The molecule has 0 aromatic heterocycles. The van der Waals surface area contributed by atoms with Gasteiger partial charge in [0.1, 0.15) is 11.6 Å². The monoisotopic (exact) mass is 245 g/mol. The molecule has 0 aromatic carbocycles. The highest BCUT2D eigenvalue weighted by molar-refractivity contribution is 5.81. The quantitative estimate of drug-likeness (QED) is 0.770. The summed E-state index contributed by atoms with van der Waals surface area (Å²) in [7, 11) is 1.30. The van der Waals surface area contributed by atoms with Crippen LogP contribution in [0.5, 0.6) is 0 Å². The average molecular weight is 245 g/mol. The number of methoxy groups -OCH3 is 1. The normalized spacial score (nSPS) is 14.7.